The summed E-state index contributed by atoms with van der Waals surface area (Å²) in [6, 6.07) is 16.5. The maximum atomic E-state index is 13.9. The van der Waals surface area contributed by atoms with Crippen LogP contribution in [-0.2, 0) is 21.5 Å². The fourth-order valence-electron chi connectivity index (χ4n) is 5.07. The van der Waals surface area contributed by atoms with Gasteiger partial charge in [0.2, 0.25) is 0 Å². The Bertz CT molecular complexity index is 2080. The Hall–Kier alpha value is -4.67. The lowest BCUT2D eigenvalue weighted by molar-refractivity contribution is -0.141. The molecule has 8 nitrogen and oxygen atoms in total. The Labute approximate surface area is 270 Å². The van der Waals surface area contributed by atoms with Crippen molar-refractivity contribution in [2.24, 2.45) is 4.99 Å². The third-order valence-electron chi connectivity index (χ3n) is 7.18. The molecule has 2 aromatic heterocycles. The fraction of sp³-hybridized carbons (Fsp3) is 0.242. The van der Waals surface area contributed by atoms with Crippen LogP contribution in [0.1, 0.15) is 53.4 Å². The molecule has 5 rings (SSSR count). The van der Waals surface area contributed by atoms with E-state index in [0.717, 1.165) is 23.4 Å². The van der Waals surface area contributed by atoms with Crippen LogP contribution in [0.2, 0.25) is 0 Å². The monoisotopic (exact) mass is 664 g/mol. The molecule has 0 aliphatic carbocycles. The van der Waals surface area contributed by atoms with Gasteiger partial charge in [0.1, 0.15) is 22.5 Å². The number of ether oxygens (including phenoxy) is 2. The average molecular weight is 665 g/mol. The topological polar surface area (TPSA) is 107 Å². The number of thiazole rings is 1. The second-order valence-electron chi connectivity index (χ2n) is 10.2. The van der Waals surface area contributed by atoms with Gasteiger partial charge in [-0.15, -0.1) is 11.8 Å². The highest BCUT2D eigenvalue weighted by molar-refractivity contribution is 7.98. The summed E-state index contributed by atoms with van der Waals surface area (Å²) in [6.07, 6.45) is -2.97. The zero-order valence-electron chi connectivity index (χ0n) is 25.1. The third-order valence-corrected chi connectivity index (χ3v) is 9.19. The van der Waals surface area contributed by atoms with E-state index in [9.17, 15) is 28.0 Å². The van der Waals surface area contributed by atoms with Gasteiger partial charge in [-0.05, 0) is 61.7 Å². The number of methoxy groups -OCH3 is 1. The number of pyridine rings is 1. The number of alkyl halides is 3. The number of rotatable bonds is 8. The standard InChI is InChI=1S/C33H27F3N4O4S2/c1-5-44-31(42)27-19(3)38-32-40(28(27)21-9-7-6-8-10-21)30(41)25(46-32)15-20-11-12-24(43-4)22(14-20)17-45-29-23(16-37)18(2)13-26(39-29)33(34,35)36/h6-15,28H,5,17H2,1-4H3/b25-15-/t28-/m1/s1. The Morgan fingerprint density at radius 3 is 2.57 bits per heavy atom. The number of allylic oxidation sites excluding steroid dienone is 1. The van der Waals surface area contributed by atoms with Gasteiger partial charge in [-0.25, -0.2) is 14.8 Å². The van der Waals surface area contributed by atoms with Crippen LogP contribution in [0, 0.1) is 18.3 Å². The highest BCUT2D eigenvalue weighted by Crippen LogP contribution is 2.35. The van der Waals surface area contributed by atoms with Gasteiger partial charge in [0.25, 0.3) is 5.56 Å². The first-order chi connectivity index (χ1) is 22.0. The molecule has 236 valence electrons. The molecule has 0 bridgehead atoms. The molecule has 46 heavy (non-hydrogen) atoms. The number of nitrogens with zero attached hydrogens (tertiary/aromatic N) is 4. The summed E-state index contributed by atoms with van der Waals surface area (Å²) >= 11 is 2.16. The van der Waals surface area contributed by atoms with Gasteiger partial charge in [-0.1, -0.05) is 47.7 Å². The molecule has 0 amide bonds. The number of aryl methyl sites for hydroxylation is 1. The van der Waals surface area contributed by atoms with E-state index < -0.39 is 23.9 Å². The summed E-state index contributed by atoms with van der Waals surface area (Å²) in [5, 5.41) is 9.56. The van der Waals surface area contributed by atoms with E-state index in [0.29, 0.717) is 31.9 Å². The van der Waals surface area contributed by atoms with Gasteiger partial charge in [0.15, 0.2) is 4.80 Å². The predicted octanol–water partition coefficient (Wildman–Crippen LogP) is 5.69. The van der Waals surface area contributed by atoms with Gasteiger partial charge < -0.3 is 9.47 Å². The van der Waals surface area contributed by atoms with Crippen LogP contribution in [-0.4, -0.2) is 29.2 Å². The number of thioether (sulfide) groups is 1. The summed E-state index contributed by atoms with van der Waals surface area (Å²) in [5.41, 5.74) is 1.55. The summed E-state index contributed by atoms with van der Waals surface area (Å²) in [4.78, 5) is 35.7. The number of nitriles is 1. The Kier molecular flexibility index (Phi) is 9.50. The molecule has 3 heterocycles. The van der Waals surface area contributed by atoms with Gasteiger partial charge >= 0.3 is 12.1 Å². The molecule has 0 saturated heterocycles. The summed E-state index contributed by atoms with van der Waals surface area (Å²) in [5.74, 6) is 0.0752. The number of halogens is 3. The SMILES string of the molecule is CCOC(=O)C1=C(C)N=c2s/c(=C\c3ccc(OC)c(CSc4nc(C(F)(F)F)cc(C)c4C#N)c3)c(=O)n2[C@@H]1c1ccccc1. The van der Waals surface area contributed by atoms with Crippen LogP contribution in [0.3, 0.4) is 0 Å². The number of fused-ring (bicyclic) bond motifs is 1. The molecule has 0 unspecified atom stereocenters. The lowest BCUT2D eigenvalue weighted by Crippen LogP contribution is -2.39. The van der Waals surface area contributed by atoms with E-state index in [1.54, 1.807) is 38.1 Å². The number of hydrogen-bond acceptors (Lipinski definition) is 9. The van der Waals surface area contributed by atoms with Crippen LogP contribution in [0.15, 0.2) is 80.7 Å². The van der Waals surface area contributed by atoms with Crippen molar-refractivity contribution in [2.75, 3.05) is 13.7 Å². The Balaban J connectivity index is 1.56. The molecule has 4 aromatic rings. The van der Waals surface area contributed by atoms with Gasteiger partial charge in [-0.3, -0.25) is 9.36 Å². The van der Waals surface area contributed by atoms with Crippen molar-refractivity contribution in [3.05, 3.63) is 119 Å². The molecule has 1 aliphatic rings. The normalized spacial score (nSPS) is 14.8. The summed E-state index contributed by atoms with van der Waals surface area (Å²) < 4.78 is 53.0. The van der Waals surface area contributed by atoms with E-state index in [1.165, 1.54) is 29.9 Å². The molecule has 1 atom stereocenters. The second kappa shape index (κ2) is 13.4. The van der Waals surface area contributed by atoms with Crippen molar-refractivity contribution >= 4 is 35.1 Å². The quantitative estimate of drug-likeness (QED) is 0.176. The zero-order chi connectivity index (χ0) is 33.2. The van der Waals surface area contributed by atoms with Gasteiger partial charge in [0, 0.05) is 11.3 Å². The van der Waals surface area contributed by atoms with Crippen molar-refractivity contribution in [1.82, 2.24) is 9.55 Å². The zero-order valence-corrected chi connectivity index (χ0v) is 26.8. The molecule has 0 spiro atoms. The molecule has 0 fully saturated rings. The number of benzene rings is 2. The van der Waals surface area contributed by atoms with E-state index in [2.05, 4.69) is 9.98 Å². The first kappa shape index (κ1) is 32.7. The van der Waals surface area contributed by atoms with Crippen molar-refractivity contribution in [2.45, 2.75) is 43.8 Å². The number of hydrogen-bond donors (Lipinski definition) is 0. The van der Waals surface area contributed by atoms with E-state index in [4.69, 9.17) is 9.47 Å². The van der Waals surface area contributed by atoms with E-state index in [-0.39, 0.29) is 39.6 Å². The molecule has 2 aromatic carbocycles. The lowest BCUT2D eigenvalue weighted by Gasteiger charge is -2.24. The fourth-order valence-corrected chi connectivity index (χ4v) is 7.15. The highest BCUT2D eigenvalue weighted by Gasteiger charge is 2.35. The van der Waals surface area contributed by atoms with Gasteiger partial charge in [0.05, 0.1) is 41.1 Å². The Morgan fingerprint density at radius 2 is 1.91 bits per heavy atom. The lowest BCUT2D eigenvalue weighted by atomic mass is 9.96. The van der Waals surface area contributed by atoms with Crippen LogP contribution < -0.4 is 19.6 Å². The molecular weight excluding hydrogens is 638 g/mol. The van der Waals surface area contributed by atoms with E-state index in [1.807, 2.05) is 36.4 Å². The Morgan fingerprint density at radius 1 is 1.17 bits per heavy atom. The highest BCUT2D eigenvalue weighted by atomic mass is 32.2. The molecular formula is C33H27F3N4O4S2. The minimum atomic E-state index is -4.66. The second-order valence-corrected chi connectivity index (χ2v) is 12.2. The smallest absolute Gasteiger partial charge is 0.433 e. The minimum Gasteiger partial charge on any atom is -0.496 e. The van der Waals surface area contributed by atoms with E-state index >= 15 is 0 Å². The van der Waals surface area contributed by atoms with Crippen molar-refractivity contribution in [3.63, 3.8) is 0 Å². The van der Waals surface area contributed by atoms with Crippen molar-refractivity contribution in [1.29, 1.82) is 5.26 Å². The number of esters is 1. The van der Waals surface area contributed by atoms with Crippen LogP contribution in [0.4, 0.5) is 13.2 Å². The van der Waals surface area contributed by atoms with Crippen LogP contribution in [0.5, 0.6) is 5.75 Å². The number of aromatic nitrogens is 2. The van der Waals surface area contributed by atoms with Crippen LogP contribution in [0.25, 0.3) is 6.08 Å². The van der Waals surface area contributed by atoms with Crippen molar-refractivity contribution in [3.8, 4) is 11.8 Å². The molecule has 13 heteroatoms. The molecule has 0 radical (unpaired) electrons. The average Bonchev–Trinajstić information content (AvgIpc) is 3.32. The van der Waals surface area contributed by atoms with Crippen LogP contribution >= 0.6 is 23.1 Å². The predicted molar refractivity (Wildman–Crippen MR) is 168 cm³/mol. The van der Waals surface area contributed by atoms with Crippen molar-refractivity contribution < 1.29 is 27.4 Å². The minimum absolute atomic E-state index is 0.0377. The first-order valence-corrected chi connectivity index (χ1v) is 15.8. The maximum absolute atomic E-state index is 13.9. The van der Waals surface area contributed by atoms with Gasteiger partial charge in [-0.2, -0.15) is 18.4 Å². The summed E-state index contributed by atoms with van der Waals surface area (Å²) in [6.45, 7) is 5.03. The molecule has 1 aliphatic heterocycles. The molecule has 0 saturated carbocycles. The molecule has 0 N–H and O–H groups in total. The summed E-state index contributed by atoms with van der Waals surface area (Å²) in [7, 11) is 1.47. The number of carbonyl (C=O) groups excluding carboxylic acids is 1. The maximum Gasteiger partial charge on any atom is 0.433 e. The largest absolute Gasteiger partial charge is 0.496 e. The first-order valence-electron chi connectivity index (χ1n) is 14.0. The number of carbonyl (C=O) groups is 1. The third kappa shape index (κ3) is 6.49.